The molecule has 9 nitrogen and oxygen atoms in total. The van der Waals surface area contributed by atoms with Crippen molar-refractivity contribution in [2.24, 2.45) is 0 Å². The molecule has 1 amide bonds. The standard InChI is InChI=1S/C14H11N3O6/c1-15-14(18)9-2-4-12(5-3-9)23-13-7-10(16(19)20)6-11(8-13)17(21)22/h2-8H,1H3,(H,15,18). The van der Waals surface area contributed by atoms with Crippen molar-refractivity contribution >= 4 is 17.3 Å². The smallest absolute Gasteiger partial charge is 0.280 e. The summed E-state index contributed by atoms with van der Waals surface area (Å²) in [5.74, 6) is -0.0337. The Labute approximate surface area is 129 Å². The van der Waals surface area contributed by atoms with E-state index in [4.69, 9.17) is 4.74 Å². The normalized spacial score (nSPS) is 9.96. The third-order valence-corrected chi connectivity index (χ3v) is 2.88. The summed E-state index contributed by atoms with van der Waals surface area (Å²) < 4.78 is 5.39. The molecule has 0 aliphatic heterocycles. The Kier molecular flexibility index (Phi) is 4.50. The first-order chi connectivity index (χ1) is 10.9. The highest BCUT2D eigenvalue weighted by Crippen LogP contribution is 2.30. The Hall–Kier alpha value is -3.49. The maximum atomic E-state index is 11.4. The number of rotatable bonds is 5. The lowest BCUT2D eigenvalue weighted by Crippen LogP contribution is -2.17. The third kappa shape index (κ3) is 3.79. The molecular weight excluding hydrogens is 306 g/mol. The van der Waals surface area contributed by atoms with Crippen LogP contribution in [-0.4, -0.2) is 22.8 Å². The highest BCUT2D eigenvalue weighted by Gasteiger charge is 2.17. The van der Waals surface area contributed by atoms with Crippen LogP contribution >= 0.6 is 0 Å². The Balaban J connectivity index is 2.30. The first kappa shape index (κ1) is 15.9. The van der Waals surface area contributed by atoms with Crippen molar-refractivity contribution < 1.29 is 19.4 Å². The molecule has 0 saturated heterocycles. The van der Waals surface area contributed by atoms with Crippen LogP contribution < -0.4 is 10.1 Å². The molecule has 118 valence electrons. The summed E-state index contributed by atoms with van der Waals surface area (Å²) in [4.78, 5) is 31.6. The number of nitro benzene ring substituents is 2. The van der Waals surface area contributed by atoms with Crippen molar-refractivity contribution in [3.8, 4) is 11.5 Å². The molecule has 2 aromatic carbocycles. The molecule has 0 aliphatic rings. The SMILES string of the molecule is CNC(=O)c1ccc(Oc2cc([N+](=O)[O-])cc([N+](=O)[O-])c2)cc1. The topological polar surface area (TPSA) is 125 Å². The van der Waals surface area contributed by atoms with E-state index in [1.165, 1.54) is 31.3 Å². The number of non-ortho nitro benzene ring substituents is 2. The largest absolute Gasteiger partial charge is 0.457 e. The van der Waals surface area contributed by atoms with E-state index in [0.717, 1.165) is 18.2 Å². The van der Waals surface area contributed by atoms with Crippen LogP contribution in [0.25, 0.3) is 0 Å². The Morgan fingerprint density at radius 3 is 1.91 bits per heavy atom. The van der Waals surface area contributed by atoms with Crippen LogP contribution in [0.1, 0.15) is 10.4 Å². The van der Waals surface area contributed by atoms with E-state index >= 15 is 0 Å². The Morgan fingerprint density at radius 2 is 1.48 bits per heavy atom. The molecule has 0 heterocycles. The highest BCUT2D eigenvalue weighted by atomic mass is 16.6. The number of hydrogen-bond acceptors (Lipinski definition) is 6. The molecule has 0 fully saturated rings. The van der Waals surface area contributed by atoms with Gasteiger partial charge in [0.2, 0.25) is 0 Å². The molecule has 0 atom stereocenters. The van der Waals surface area contributed by atoms with E-state index in [-0.39, 0.29) is 17.4 Å². The zero-order valence-electron chi connectivity index (χ0n) is 11.9. The number of nitro groups is 2. The first-order valence-electron chi connectivity index (χ1n) is 6.34. The summed E-state index contributed by atoms with van der Waals surface area (Å²) in [6, 6.07) is 8.98. The lowest BCUT2D eigenvalue weighted by atomic mass is 10.2. The van der Waals surface area contributed by atoms with Gasteiger partial charge in [-0.3, -0.25) is 25.0 Å². The predicted molar refractivity (Wildman–Crippen MR) is 79.7 cm³/mol. The van der Waals surface area contributed by atoms with Crippen molar-refractivity contribution in [2.45, 2.75) is 0 Å². The van der Waals surface area contributed by atoms with Gasteiger partial charge in [-0.25, -0.2) is 0 Å². The average molecular weight is 317 g/mol. The second-order valence-corrected chi connectivity index (χ2v) is 4.40. The maximum absolute atomic E-state index is 11.4. The molecule has 0 bridgehead atoms. The Morgan fingerprint density at radius 1 is 0.957 bits per heavy atom. The van der Waals surface area contributed by atoms with Gasteiger partial charge in [0.1, 0.15) is 11.5 Å². The number of carbonyl (C=O) groups is 1. The molecule has 2 rings (SSSR count). The molecule has 0 unspecified atom stereocenters. The van der Waals surface area contributed by atoms with Crippen LogP contribution in [0.4, 0.5) is 11.4 Å². The highest BCUT2D eigenvalue weighted by molar-refractivity contribution is 5.94. The predicted octanol–water partition coefficient (Wildman–Crippen LogP) is 2.65. The minimum atomic E-state index is -0.742. The molecule has 23 heavy (non-hydrogen) atoms. The lowest BCUT2D eigenvalue weighted by Gasteiger charge is -2.06. The monoisotopic (exact) mass is 317 g/mol. The number of benzene rings is 2. The fourth-order valence-electron chi connectivity index (χ4n) is 1.79. The number of carbonyl (C=O) groups excluding carboxylic acids is 1. The summed E-state index contributed by atoms with van der Waals surface area (Å²) in [5.41, 5.74) is -0.489. The average Bonchev–Trinajstić information content (AvgIpc) is 2.54. The quantitative estimate of drug-likeness (QED) is 0.667. The van der Waals surface area contributed by atoms with Crippen molar-refractivity contribution in [2.75, 3.05) is 7.05 Å². The maximum Gasteiger partial charge on any atom is 0.280 e. The first-order valence-corrected chi connectivity index (χ1v) is 6.34. The molecule has 2 aromatic rings. The summed E-state index contributed by atoms with van der Waals surface area (Å²) in [5, 5.41) is 24.1. The van der Waals surface area contributed by atoms with Gasteiger partial charge in [0.25, 0.3) is 17.3 Å². The van der Waals surface area contributed by atoms with Crippen LogP contribution in [0.15, 0.2) is 42.5 Å². The fourth-order valence-corrected chi connectivity index (χ4v) is 1.79. The van der Waals surface area contributed by atoms with Crippen LogP contribution in [0.3, 0.4) is 0 Å². The second-order valence-electron chi connectivity index (χ2n) is 4.40. The summed E-state index contributed by atoms with van der Waals surface area (Å²) >= 11 is 0. The van der Waals surface area contributed by atoms with Gasteiger partial charge < -0.3 is 10.1 Å². The summed E-state index contributed by atoms with van der Waals surface area (Å²) in [6.07, 6.45) is 0. The molecular formula is C14H11N3O6. The van der Waals surface area contributed by atoms with Crippen LogP contribution in [0, 0.1) is 20.2 Å². The van der Waals surface area contributed by atoms with Gasteiger partial charge in [-0.1, -0.05) is 0 Å². The fraction of sp³-hybridized carbons (Fsp3) is 0.0714. The van der Waals surface area contributed by atoms with Crippen molar-refractivity contribution in [1.82, 2.24) is 5.32 Å². The van der Waals surface area contributed by atoms with Gasteiger partial charge in [0, 0.05) is 12.6 Å². The van der Waals surface area contributed by atoms with Gasteiger partial charge in [0.15, 0.2) is 0 Å². The molecule has 1 N–H and O–H groups in total. The van der Waals surface area contributed by atoms with Crippen molar-refractivity contribution in [3.63, 3.8) is 0 Å². The van der Waals surface area contributed by atoms with E-state index in [1.807, 2.05) is 0 Å². The lowest BCUT2D eigenvalue weighted by molar-refractivity contribution is -0.394. The van der Waals surface area contributed by atoms with Gasteiger partial charge in [-0.05, 0) is 24.3 Å². The van der Waals surface area contributed by atoms with E-state index in [1.54, 1.807) is 0 Å². The van der Waals surface area contributed by atoms with Crippen molar-refractivity contribution in [1.29, 1.82) is 0 Å². The van der Waals surface area contributed by atoms with E-state index in [2.05, 4.69) is 5.32 Å². The molecule has 0 saturated carbocycles. The summed E-state index contributed by atoms with van der Waals surface area (Å²) in [7, 11) is 1.50. The van der Waals surface area contributed by atoms with Gasteiger partial charge in [-0.15, -0.1) is 0 Å². The third-order valence-electron chi connectivity index (χ3n) is 2.88. The van der Waals surface area contributed by atoms with E-state index in [0.29, 0.717) is 5.56 Å². The van der Waals surface area contributed by atoms with Gasteiger partial charge >= 0.3 is 0 Å². The molecule has 0 aromatic heterocycles. The second kappa shape index (κ2) is 6.52. The number of ether oxygens (including phenoxy) is 1. The zero-order chi connectivity index (χ0) is 17.0. The van der Waals surface area contributed by atoms with Gasteiger partial charge in [0.05, 0.1) is 28.0 Å². The molecule has 9 heteroatoms. The number of nitrogens with one attached hydrogen (secondary N) is 1. The number of amides is 1. The number of nitrogens with zero attached hydrogens (tertiary/aromatic N) is 2. The van der Waals surface area contributed by atoms with E-state index < -0.39 is 21.2 Å². The Bertz CT molecular complexity index is 740. The zero-order valence-corrected chi connectivity index (χ0v) is 11.9. The minimum absolute atomic E-state index is 0.0430. The minimum Gasteiger partial charge on any atom is -0.457 e. The van der Waals surface area contributed by atoms with Crippen LogP contribution in [-0.2, 0) is 0 Å². The number of hydrogen-bond donors (Lipinski definition) is 1. The van der Waals surface area contributed by atoms with Crippen molar-refractivity contribution in [3.05, 3.63) is 68.3 Å². The molecule has 0 spiro atoms. The van der Waals surface area contributed by atoms with Crippen LogP contribution in [0.5, 0.6) is 11.5 Å². The van der Waals surface area contributed by atoms with Gasteiger partial charge in [-0.2, -0.15) is 0 Å². The molecule has 0 aliphatic carbocycles. The van der Waals surface area contributed by atoms with E-state index in [9.17, 15) is 25.0 Å². The summed E-state index contributed by atoms with van der Waals surface area (Å²) in [6.45, 7) is 0. The van der Waals surface area contributed by atoms with Crippen LogP contribution in [0.2, 0.25) is 0 Å². The molecule has 0 radical (unpaired) electrons.